The number of carbonyl (C=O) groups is 2. The predicted molar refractivity (Wildman–Crippen MR) is 102 cm³/mol. The van der Waals surface area contributed by atoms with Crippen LogP contribution in [-0.4, -0.2) is 29.0 Å². The van der Waals surface area contributed by atoms with E-state index in [4.69, 9.17) is 0 Å². The van der Waals surface area contributed by atoms with Crippen molar-refractivity contribution in [1.29, 1.82) is 0 Å². The molecule has 1 aromatic carbocycles. The highest BCUT2D eigenvalue weighted by Gasteiger charge is 2.28. The van der Waals surface area contributed by atoms with Crippen LogP contribution in [0.2, 0.25) is 0 Å². The number of rotatable bonds is 7. The average molecular weight is 461 g/mol. The molecule has 0 fully saturated rings. The Bertz CT molecular complexity index is 810. The van der Waals surface area contributed by atoms with Crippen molar-refractivity contribution in [3.8, 4) is 0 Å². The molecule has 0 spiro atoms. The molecule has 2 aromatic rings. The minimum Gasteiger partial charge on any atom is -0.386 e. The monoisotopic (exact) mass is 460 g/mol. The Morgan fingerprint density at radius 1 is 1.19 bits per heavy atom. The van der Waals surface area contributed by atoms with E-state index in [1.807, 2.05) is 0 Å². The van der Waals surface area contributed by atoms with Gasteiger partial charge in [0, 0.05) is 0 Å². The van der Waals surface area contributed by atoms with Gasteiger partial charge in [-0.05, 0) is 53.5 Å². The van der Waals surface area contributed by atoms with Gasteiger partial charge in [0.05, 0.1) is 20.3 Å². The minimum atomic E-state index is -1.56. The van der Waals surface area contributed by atoms with Crippen LogP contribution < -0.4 is 10.6 Å². The number of hydrogen-bond acceptors (Lipinski definition) is 4. The van der Waals surface area contributed by atoms with Crippen molar-refractivity contribution in [3.05, 3.63) is 56.2 Å². The molecule has 0 saturated heterocycles. The minimum absolute atomic E-state index is 0.235. The summed E-state index contributed by atoms with van der Waals surface area (Å²) >= 11 is 4.48. The molecule has 0 bridgehead atoms. The number of aliphatic hydroxyl groups excluding tert-OH is 1. The second kappa shape index (κ2) is 9.38. The molecule has 5 nitrogen and oxygen atoms in total. The zero-order valence-electron chi connectivity index (χ0n) is 14.6. The van der Waals surface area contributed by atoms with Gasteiger partial charge in [0.25, 0.3) is 5.91 Å². The molecule has 3 atom stereocenters. The second-order valence-corrected chi connectivity index (χ2v) is 8.37. The van der Waals surface area contributed by atoms with Gasteiger partial charge < -0.3 is 15.7 Å². The Labute approximate surface area is 167 Å². The summed E-state index contributed by atoms with van der Waals surface area (Å²) in [5.74, 6) is -2.76. The van der Waals surface area contributed by atoms with Gasteiger partial charge in [0.15, 0.2) is 0 Å². The van der Waals surface area contributed by atoms with Crippen LogP contribution in [0.15, 0.2) is 34.1 Å². The number of halogens is 3. The van der Waals surface area contributed by atoms with Crippen molar-refractivity contribution < 1.29 is 23.5 Å². The summed E-state index contributed by atoms with van der Waals surface area (Å²) < 4.78 is 28.5. The van der Waals surface area contributed by atoms with Gasteiger partial charge in [-0.25, -0.2) is 8.78 Å². The molecule has 2 amide bonds. The normalized spacial score (nSPS) is 14.3. The molecule has 0 aliphatic carbocycles. The summed E-state index contributed by atoms with van der Waals surface area (Å²) in [6.45, 7) is 3.15. The highest BCUT2D eigenvalue weighted by molar-refractivity contribution is 9.11. The second-order valence-electron chi connectivity index (χ2n) is 5.90. The molecule has 0 saturated carbocycles. The Morgan fingerprint density at radius 3 is 2.33 bits per heavy atom. The molecule has 0 aliphatic rings. The first-order chi connectivity index (χ1) is 12.7. The number of thiophene rings is 1. The van der Waals surface area contributed by atoms with Gasteiger partial charge in [-0.15, -0.1) is 11.3 Å². The van der Waals surface area contributed by atoms with Crippen molar-refractivity contribution >= 4 is 39.1 Å². The number of benzene rings is 1. The highest BCUT2D eigenvalue weighted by Crippen LogP contribution is 2.25. The summed E-state index contributed by atoms with van der Waals surface area (Å²) in [5.41, 5.74) is -0.496. The molecule has 0 aliphatic heterocycles. The van der Waals surface area contributed by atoms with E-state index in [1.165, 1.54) is 24.3 Å². The zero-order valence-corrected chi connectivity index (χ0v) is 17.0. The Morgan fingerprint density at radius 2 is 1.81 bits per heavy atom. The SMILES string of the molecule is CCC(NC(=O)C(C)NC(=O)c1ccc(Br)s1)C(O)c1c(F)cccc1F. The summed E-state index contributed by atoms with van der Waals surface area (Å²) in [7, 11) is 0. The summed E-state index contributed by atoms with van der Waals surface area (Å²) in [6.07, 6.45) is -1.32. The van der Waals surface area contributed by atoms with Crippen LogP contribution in [0.3, 0.4) is 0 Å². The summed E-state index contributed by atoms with van der Waals surface area (Å²) in [6, 6.07) is 4.80. The molecule has 1 aromatic heterocycles. The average Bonchev–Trinajstić information content (AvgIpc) is 3.05. The lowest BCUT2D eigenvalue weighted by atomic mass is 9.99. The lowest BCUT2D eigenvalue weighted by Crippen LogP contribution is -2.49. The van der Waals surface area contributed by atoms with Gasteiger partial charge in [0.2, 0.25) is 5.91 Å². The molecule has 2 rings (SSSR count). The Kier molecular flexibility index (Phi) is 7.46. The zero-order chi connectivity index (χ0) is 20.1. The fourth-order valence-electron chi connectivity index (χ4n) is 2.48. The van der Waals surface area contributed by atoms with Crippen LogP contribution in [-0.2, 0) is 4.79 Å². The molecule has 0 radical (unpaired) electrons. The smallest absolute Gasteiger partial charge is 0.262 e. The third-order valence-electron chi connectivity index (χ3n) is 3.98. The number of hydrogen-bond donors (Lipinski definition) is 3. The first kappa shape index (κ1) is 21.5. The van der Waals surface area contributed by atoms with E-state index in [0.717, 1.165) is 15.9 Å². The van der Waals surface area contributed by atoms with E-state index in [0.29, 0.717) is 4.88 Å². The van der Waals surface area contributed by atoms with Gasteiger partial charge in [-0.1, -0.05) is 13.0 Å². The van der Waals surface area contributed by atoms with Gasteiger partial charge in [-0.2, -0.15) is 0 Å². The molecule has 3 unspecified atom stereocenters. The predicted octanol–water partition coefficient (Wildman–Crippen LogP) is 3.54. The topological polar surface area (TPSA) is 78.4 Å². The lowest BCUT2D eigenvalue weighted by Gasteiger charge is -2.25. The van der Waals surface area contributed by atoms with Crippen LogP contribution in [0.25, 0.3) is 0 Å². The van der Waals surface area contributed by atoms with E-state index in [-0.39, 0.29) is 6.42 Å². The molecule has 1 heterocycles. The summed E-state index contributed by atoms with van der Waals surface area (Å²) in [5, 5.41) is 15.4. The fraction of sp³-hybridized carbons (Fsp3) is 0.333. The van der Waals surface area contributed by atoms with Crippen molar-refractivity contribution in [1.82, 2.24) is 10.6 Å². The standard InChI is InChI=1S/C18H19BrF2N2O3S/c1-3-12(16(24)15-10(20)5-4-6-11(15)21)23-17(25)9(2)22-18(26)13-7-8-14(19)27-13/h4-9,12,16,24H,3H2,1-2H3,(H,22,26)(H,23,25). The quantitative estimate of drug-likeness (QED) is 0.591. The molecule has 146 valence electrons. The van der Waals surface area contributed by atoms with Crippen LogP contribution in [0.5, 0.6) is 0 Å². The van der Waals surface area contributed by atoms with Gasteiger partial charge in [-0.3, -0.25) is 9.59 Å². The number of carbonyl (C=O) groups excluding carboxylic acids is 2. The van der Waals surface area contributed by atoms with E-state index in [2.05, 4.69) is 26.6 Å². The van der Waals surface area contributed by atoms with Crippen LogP contribution in [0.4, 0.5) is 8.78 Å². The van der Waals surface area contributed by atoms with Crippen molar-refractivity contribution in [2.45, 2.75) is 38.5 Å². The first-order valence-electron chi connectivity index (χ1n) is 8.23. The number of aliphatic hydroxyl groups is 1. The largest absolute Gasteiger partial charge is 0.386 e. The Balaban J connectivity index is 2.04. The third-order valence-corrected chi connectivity index (χ3v) is 5.60. The third kappa shape index (κ3) is 5.33. The fourth-order valence-corrected chi connectivity index (χ4v) is 3.77. The van der Waals surface area contributed by atoms with Crippen LogP contribution >= 0.6 is 27.3 Å². The molecular formula is C18H19BrF2N2O3S. The molecule has 27 heavy (non-hydrogen) atoms. The van der Waals surface area contributed by atoms with E-state index in [1.54, 1.807) is 19.1 Å². The van der Waals surface area contributed by atoms with Gasteiger partial charge >= 0.3 is 0 Å². The van der Waals surface area contributed by atoms with Crippen molar-refractivity contribution in [2.24, 2.45) is 0 Å². The Hall–Kier alpha value is -1.84. The lowest BCUT2D eigenvalue weighted by molar-refractivity contribution is -0.124. The van der Waals surface area contributed by atoms with Gasteiger partial charge in [0.1, 0.15) is 23.8 Å². The van der Waals surface area contributed by atoms with E-state index in [9.17, 15) is 23.5 Å². The molecule has 9 heteroatoms. The number of nitrogens with one attached hydrogen (secondary N) is 2. The molecule has 3 N–H and O–H groups in total. The maximum absolute atomic E-state index is 13.9. The highest BCUT2D eigenvalue weighted by atomic mass is 79.9. The maximum atomic E-state index is 13.9. The van der Waals surface area contributed by atoms with Crippen LogP contribution in [0, 0.1) is 11.6 Å². The van der Waals surface area contributed by atoms with Crippen LogP contribution in [0.1, 0.15) is 41.6 Å². The number of amides is 2. The van der Waals surface area contributed by atoms with E-state index >= 15 is 0 Å². The van der Waals surface area contributed by atoms with Crippen molar-refractivity contribution in [2.75, 3.05) is 0 Å². The first-order valence-corrected chi connectivity index (χ1v) is 9.84. The van der Waals surface area contributed by atoms with E-state index < -0.39 is 47.2 Å². The van der Waals surface area contributed by atoms with Crippen molar-refractivity contribution in [3.63, 3.8) is 0 Å². The molecular weight excluding hydrogens is 442 g/mol. The summed E-state index contributed by atoms with van der Waals surface area (Å²) in [4.78, 5) is 24.9. The maximum Gasteiger partial charge on any atom is 0.262 e.